The molecule has 5 rings (SSSR count). The molecule has 1 aromatic carbocycles. The van der Waals surface area contributed by atoms with Crippen LogP contribution >= 0.6 is 0 Å². The van der Waals surface area contributed by atoms with Gasteiger partial charge in [0.1, 0.15) is 22.8 Å². The van der Waals surface area contributed by atoms with Gasteiger partial charge in [-0.05, 0) is 59.1 Å². The van der Waals surface area contributed by atoms with Gasteiger partial charge in [0.25, 0.3) is 5.91 Å². The second-order valence-electron chi connectivity index (χ2n) is 9.69. The lowest BCUT2D eigenvalue weighted by Crippen LogP contribution is -2.47. The van der Waals surface area contributed by atoms with Gasteiger partial charge in [-0.1, -0.05) is 6.07 Å². The Morgan fingerprint density at radius 3 is 2.41 bits per heavy atom. The molecule has 2 N–H and O–H groups in total. The number of nitrogens with zero attached hydrogens (tertiary/aromatic N) is 5. The van der Waals surface area contributed by atoms with Crippen molar-refractivity contribution in [3.8, 4) is 5.75 Å². The molecule has 0 unspecified atom stereocenters. The number of carbonyl (C=O) groups is 1. The molecule has 0 atom stereocenters. The topological polar surface area (TPSA) is 107 Å². The number of benzene rings is 1. The maximum atomic E-state index is 12.2. The molecule has 0 spiro atoms. The first-order valence-electron chi connectivity index (χ1n) is 13.1. The fraction of sp³-hybridized carbons (Fsp3) is 0.500. The number of amides is 1. The SMILES string of the molecule is CCOc1cc(N2CCN(C3CC3)CC2)ccc1C.CCn1c(C)c(C(N)=O)c(=O)c2cnc(C)nc21. The van der Waals surface area contributed by atoms with Crippen LogP contribution in [0.5, 0.6) is 5.75 Å². The Kier molecular flexibility index (Phi) is 8.12. The Bertz CT molecular complexity index is 1340. The summed E-state index contributed by atoms with van der Waals surface area (Å²) in [6.45, 7) is 15.6. The molecule has 3 aromatic rings. The van der Waals surface area contributed by atoms with Crippen molar-refractivity contribution in [3.63, 3.8) is 0 Å². The summed E-state index contributed by atoms with van der Waals surface area (Å²) in [5.41, 5.74) is 8.49. The molecule has 9 nitrogen and oxygen atoms in total. The molecule has 9 heteroatoms. The number of nitrogens with two attached hydrogens (primary N) is 1. The Balaban J connectivity index is 0.000000173. The number of hydrogen-bond acceptors (Lipinski definition) is 7. The van der Waals surface area contributed by atoms with Gasteiger partial charge in [0, 0.05) is 62.4 Å². The second kappa shape index (κ2) is 11.3. The largest absolute Gasteiger partial charge is 0.494 e. The summed E-state index contributed by atoms with van der Waals surface area (Å²) in [6, 6.07) is 7.50. The third-order valence-corrected chi connectivity index (χ3v) is 7.16. The smallest absolute Gasteiger partial charge is 0.254 e. The maximum Gasteiger partial charge on any atom is 0.254 e. The monoisotopic (exact) mass is 506 g/mol. The zero-order valence-electron chi connectivity index (χ0n) is 22.6. The minimum absolute atomic E-state index is 0.0109. The van der Waals surface area contributed by atoms with Crippen LogP contribution in [0.3, 0.4) is 0 Å². The Morgan fingerprint density at radius 1 is 1.11 bits per heavy atom. The number of piperazine rings is 1. The van der Waals surface area contributed by atoms with Gasteiger partial charge in [-0.3, -0.25) is 14.5 Å². The number of pyridine rings is 1. The van der Waals surface area contributed by atoms with Gasteiger partial charge < -0.3 is 19.9 Å². The molecule has 1 aliphatic heterocycles. The van der Waals surface area contributed by atoms with E-state index in [0.717, 1.165) is 31.5 Å². The van der Waals surface area contributed by atoms with Crippen LogP contribution in [0.2, 0.25) is 0 Å². The predicted molar refractivity (Wildman–Crippen MR) is 147 cm³/mol. The normalized spacial score (nSPS) is 15.9. The summed E-state index contributed by atoms with van der Waals surface area (Å²) in [7, 11) is 0. The Hall–Kier alpha value is -3.46. The number of rotatable bonds is 6. The highest BCUT2D eigenvalue weighted by atomic mass is 16.5. The zero-order valence-corrected chi connectivity index (χ0v) is 22.6. The fourth-order valence-electron chi connectivity index (χ4n) is 4.98. The molecular formula is C28H38N6O3. The lowest BCUT2D eigenvalue weighted by Gasteiger charge is -2.36. The molecule has 2 aliphatic rings. The van der Waals surface area contributed by atoms with Crippen molar-refractivity contribution in [1.29, 1.82) is 0 Å². The molecule has 37 heavy (non-hydrogen) atoms. The van der Waals surface area contributed by atoms with Crippen LogP contribution in [-0.4, -0.2) is 64.2 Å². The van der Waals surface area contributed by atoms with E-state index in [0.29, 0.717) is 29.1 Å². The van der Waals surface area contributed by atoms with E-state index in [2.05, 4.69) is 44.9 Å². The van der Waals surface area contributed by atoms with E-state index in [1.807, 2.05) is 13.8 Å². The quantitative estimate of drug-likeness (QED) is 0.547. The average Bonchev–Trinajstić information content (AvgIpc) is 3.72. The summed E-state index contributed by atoms with van der Waals surface area (Å²) in [5, 5.41) is 0.321. The first-order chi connectivity index (χ1) is 17.7. The van der Waals surface area contributed by atoms with E-state index in [9.17, 15) is 9.59 Å². The predicted octanol–water partition coefficient (Wildman–Crippen LogP) is 3.21. The van der Waals surface area contributed by atoms with Crippen molar-refractivity contribution in [2.45, 2.75) is 60.0 Å². The number of aromatic nitrogens is 3. The number of anilines is 1. The van der Waals surface area contributed by atoms with Crippen molar-refractivity contribution in [2.24, 2.45) is 5.73 Å². The molecule has 2 fully saturated rings. The first-order valence-corrected chi connectivity index (χ1v) is 13.1. The summed E-state index contributed by atoms with van der Waals surface area (Å²) in [6.07, 6.45) is 4.27. The number of carbonyl (C=O) groups excluding carboxylic acids is 1. The van der Waals surface area contributed by atoms with Crippen LogP contribution in [-0.2, 0) is 6.54 Å². The number of primary amides is 1. The van der Waals surface area contributed by atoms with Crippen LogP contribution in [0.1, 0.15) is 54.1 Å². The van der Waals surface area contributed by atoms with E-state index in [4.69, 9.17) is 10.5 Å². The number of ether oxygens (including phenoxy) is 1. The highest BCUT2D eigenvalue weighted by molar-refractivity contribution is 5.97. The molecule has 2 aromatic heterocycles. The highest BCUT2D eigenvalue weighted by Crippen LogP contribution is 2.30. The lowest BCUT2D eigenvalue weighted by molar-refractivity contribution is 0.0998. The first kappa shape index (κ1) is 26.6. The highest BCUT2D eigenvalue weighted by Gasteiger charge is 2.31. The average molecular weight is 507 g/mol. The van der Waals surface area contributed by atoms with E-state index in [-0.39, 0.29) is 5.56 Å². The Morgan fingerprint density at radius 2 is 1.81 bits per heavy atom. The molecular weight excluding hydrogens is 468 g/mol. The number of aryl methyl sites for hydroxylation is 3. The summed E-state index contributed by atoms with van der Waals surface area (Å²) in [5.74, 6) is 0.891. The van der Waals surface area contributed by atoms with Gasteiger partial charge in [-0.2, -0.15) is 0 Å². The Labute approximate surface area is 218 Å². The van der Waals surface area contributed by atoms with Crippen molar-refractivity contribution in [1.82, 2.24) is 19.4 Å². The third-order valence-electron chi connectivity index (χ3n) is 7.16. The van der Waals surface area contributed by atoms with Crippen molar-refractivity contribution in [3.05, 3.63) is 57.3 Å². The number of fused-ring (bicyclic) bond motifs is 1. The zero-order chi connectivity index (χ0) is 26.7. The van der Waals surface area contributed by atoms with Gasteiger partial charge in [0.05, 0.1) is 12.0 Å². The van der Waals surface area contributed by atoms with Crippen molar-refractivity contribution < 1.29 is 9.53 Å². The maximum absolute atomic E-state index is 12.2. The minimum atomic E-state index is -0.720. The lowest BCUT2D eigenvalue weighted by atomic mass is 10.1. The van der Waals surface area contributed by atoms with E-state index in [1.54, 1.807) is 18.4 Å². The molecule has 3 heterocycles. The van der Waals surface area contributed by atoms with Gasteiger partial charge >= 0.3 is 0 Å². The third kappa shape index (κ3) is 5.77. The van der Waals surface area contributed by atoms with Crippen molar-refractivity contribution in [2.75, 3.05) is 37.7 Å². The minimum Gasteiger partial charge on any atom is -0.494 e. The summed E-state index contributed by atoms with van der Waals surface area (Å²) in [4.78, 5) is 37.0. The van der Waals surface area contributed by atoms with Gasteiger partial charge in [0.15, 0.2) is 0 Å². The molecule has 198 valence electrons. The summed E-state index contributed by atoms with van der Waals surface area (Å²) < 4.78 is 7.50. The van der Waals surface area contributed by atoms with Crippen LogP contribution in [0, 0.1) is 20.8 Å². The standard InChI is InChI=1S/C16H24N2O.C12H14N4O2/c1-3-19-16-12-15(5-4-13(16)2)18-10-8-17(9-11-18)14-6-7-14;1-4-16-6(2)9(11(13)18)10(17)8-5-14-7(3)15-12(8)16/h4-5,12,14H,3,6-11H2,1-2H3;5H,4H2,1-3H3,(H2,13,18). The van der Waals surface area contributed by atoms with Crippen LogP contribution in [0.25, 0.3) is 11.0 Å². The van der Waals surface area contributed by atoms with Crippen LogP contribution in [0.15, 0.2) is 29.2 Å². The molecule has 1 amide bonds. The van der Waals surface area contributed by atoms with Crippen LogP contribution in [0.4, 0.5) is 5.69 Å². The number of hydrogen-bond donors (Lipinski definition) is 1. The fourth-order valence-corrected chi connectivity index (χ4v) is 4.98. The van der Waals surface area contributed by atoms with Gasteiger partial charge in [-0.25, -0.2) is 9.97 Å². The van der Waals surface area contributed by atoms with Gasteiger partial charge in [0.2, 0.25) is 5.43 Å². The van der Waals surface area contributed by atoms with E-state index in [1.165, 1.54) is 43.4 Å². The molecule has 1 saturated carbocycles. The second-order valence-corrected chi connectivity index (χ2v) is 9.69. The van der Waals surface area contributed by atoms with E-state index < -0.39 is 11.3 Å². The van der Waals surface area contributed by atoms with Crippen molar-refractivity contribution >= 4 is 22.6 Å². The molecule has 0 radical (unpaired) electrons. The van der Waals surface area contributed by atoms with Gasteiger partial charge in [-0.15, -0.1) is 0 Å². The van der Waals surface area contributed by atoms with E-state index >= 15 is 0 Å². The molecule has 1 aliphatic carbocycles. The molecule has 0 bridgehead atoms. The molecule has 1 saturated heterocycles. The summed E-state index contributed by atoms with van der Waals surface area (Å²) >= 11 is 0. The van der Waals surface area contributed by atoms with Crippen LogP contribution < -0.4 is 20.8 Å².